The van der Waals surface area contributed by atoms with Crippen LogP contribution < -0.4 is 0 Å². The SMILES string of the molecule is C=C[SiH2]C(C)(C)C(=O)O. The second-order valence-corrected chi connectivity index (χ2v) is 5.44. The Hall–Kier alpha value is -0.573. The van der Waals surface area contributed by atoms with Crippen LogP contribution in [0.15, 0.2) is 12.3 Å². The van der Waals surface area contributed by atoms with Crippen LogP contribution in [0.4, 0.5) is 0 Å². The average molecular weight is 144 g/mol. The summed E-state index contributed by atoms with van der Waals surface area (Å²) >= 11 is 0. The largest absolute Gasteiger partial charge is 0.481 e. The third kappa shape index (κ3) is 2.46. The van der Waals surface area contributed by atoms with E-state index in [-0.39, 0.29) is 0 Å². The lowest BCUT2D eigenvalue weighted by Crippen LogP contribution is -2.21. The molecule has 0 rings (SSSR count). The molecule has 1 N–H and O–H groups in total. The van der Waals surface area contributed by atoms with E-state index in [0.29, 0.717) is 0 Å². The van der Waals surface area contributed by atoms with Gasteiger partial charge in [-0.05, 0) is 0 Å². The van der Waals surface area contributed by atoms with Gasteiger partial charge in [-0.3, -0.25) is 4.79 Å². The fourth-order valence-electron chi connectivity index (χ4n) is 0.448. The standard InChI is InChI=1S/C6H12O2Si/c1-4-9-6(2,3)5(7)8/h4H,1,9H2,2-3H3,(H,7,8). The summed E-state index contributed by atoms with van der Waals surface area (Å²) < 4.78 is 0. The number of rotatable bonds is 3. The molecule has 9 heavy (non-hydrogen) atoms. The van der Waals surface area contributed by atoms with E-state index in [4.69, 9.17) is 5.11 Å². The number of carboxylic acid groups (broad SMARTS) is 1. The van der Waals surface area contributed by atoms with E-state index < -0.39 is 20.5 Å². The summed E-state index contributed by atoms with van der Waals surface area (Å²) in [4.78, 5) is 10.4. The first-order valence-electron chi connectivity index (χ1n) is 2.85. The van der Waals surface area contributed by atoms with Gasteiger partial charge < -0.3 is 5.11 Å². The van der Waals surface area contributed by atoms with Crippen LogP contribution in [-0.4, -0.2) is 20.6 Å². The Balaban J connectivity index is 4.00. The minimum atomic E-state index is -0.714. The molecule has 2 nitrogen and oxygen atoms in total. The Morgan fingerprint density at radius 2 is 2.22 bits per heavy atom. The van der Waals surface area contributed by atoms with Crippen molar-refractivity contribution in [2.45, 2.75) is 18.9 Å². The summed E-state index contributed by atoms with van der Waals surface area (Å²) in [6, 6.07) is 0. The van der Waals surface area contributed by atoms with Crippen LogP contribution >= 0.6 is 0 Å². The van der Waals surface area contributed by atoms with Gasteiger partial charge in [0.25, 0.3) is 0 Å². The Morgan fingerprint density at radius 3 is 2.33 bits per heavy atom. The van der Waals surface area contributed by atoms with Crippen LogP contribution in [0.1, 0.15) is 13.8 Å². The van der Waals surface area contributed by atoms with Crippen LogP contribution in [0.3, 0.4) is 0 Å². The van der Waals surface area contributed by atoms with E-state index in [0.717, 1.165) is 0 Å². The van der Waals surface area contributed by atoms with Gasteiger partial charge in [-0.15, -0.1) is 12.3 Å². The third-order valence-corrected chi connectivity index (χ3v) is 2.85. The highest BCUT2D eigenvalue weighted by molar-refractivity contribution is 6.51. The molecule has 0 aliphatic rings. The predicted molar refractivity (Wildman–Crippen MR) is 40.4 cm³/mol. The molecule has 0 aliphatic heterocycles. The normalized spacial score (nSPS) is 12.2. The monoisotopic (exact) mass is 144 g/mol. The van der Waals surface area contributed by atoms with Crippen molar-refractivity contribution in [3.05, 3.63) is 12.3 Å². The lowest BCUT2D eigenvalue weighted by molar-refractivity contribution is -0.139. The van der Waals surface area contributed by atoms with Crippen LogP contribution in [-0.2, 0) is 4.79 Å². The van der Waals surface area contributed by atoms with Gasteiger partial charge in [-0.2, -0.15) is 0 Å². The Kier molecular flexibility index (Phi) is 2.64. The molecule has 0 spiro atoms. The number of hydrogen-bond acceptors (Lipinski definition) is 1. The van der Waals surface area contributed by atoms with Crippen molar-refractivity contribution in [3.63, 3.8) is 0 Å². The van der Waals surface area contributed by atoms with Gasteiger partial charge in [-0.25, -0.2) is 0 Å². The second kappa shape index (κ2) is 2.82. The summed E-state index contributed by atoms with van der Waals surface area (Å²) in [5.41, 5.74) is 1.76. The van der Waals surface area contributed by atoms with E-state index in [1.807, 2.05) is 0 Å². The van der Waals surface area contributed by atoms with Gasteiger partial charge >= 0.3 is 5.97 Å². The van der Waals surface area contributed by atoms with Crippen molar-refractivity contribution in [1.82, 2.24) is 0 Å². The summed E-state index contributed by atoms with van der Waals surface area (Å²) in [7, 11) is -0.633. The molecule has 0 radical (unpaired) electrons. The van der Waals surface area contributed by atoms with E-state index >= 15 is 0 Å². The topological polar surface area (TPSA) is 37.3 Å². The fraction of sp³-hybridized carbons (Fsp3) is 0.500. The number of carbonyl (C=O) groups is 1. The highest BCUT2D eigenvalue weighted by atomic mass is 28.2. The quantitative estimate of drug-likeness (QED) is 0.588. The number of carboxylic acids is 1. The lowest BCUT2D eigenvalue weighted by Gasteiger charge is -2.14. The average Bonchev–Trinajstić information content (AvgIpc) is 1.65. The maximum Gasteiger partial charge on any atom is 0.305 e. The molecule has 52 valence electrons. The Morgan fingerprint density at radius 1 is 1.78 bits per heavy atom. The second-order valence-electron chi connectivity index (χ2n) is 2.68. The zero-order valence-electron chi connectivity index (χ0n) is 5.85. The highest BCUT2D eigenvalue weighted by Crippen LogP contribution is 2.21. The summed E-state index contributed by atoms with van der Waals surface area (Å²) in [5.74, 6) is -0.714. The van der Waals surface area contributed by atoms with Crippen molar-refractivity contribution in [1.29, 1.82) is 0 Å². The van der Waals surface area contributed by atoms with E-state index in [9.17, 15) is 4.79 Å². The van der Waals surface area contributed by atoms with Gasteiger partial charge in [0.2, 0.25) is 0 Å². The maximum atomic E-state index is 10.4. The van der Waals surface area contributed by atoms with Crippen LogP contribution in [0.25, 0.3) is 0 Å². The lowest BCUT2D eigenvalue weighted by atomic mass is 10.2. The molecule has 0 fully saturated rings. The summed E-state index contributed by atoms with van der Waals surface area (Å²) in [6.45, 7) is 7.01. The molecule has 0 amide bonds. The van der Waals surface area contributed by atoms with Gasteiger partial charge in [0.1, 0.15) is 0 Å². The molecule has 0 atom stereocenters. The molecule has 0 aliphatic carbocycles. The van der Waals surface area contributed by atoms with Crippen LogP contribution in [0, 0.1) is 0 Å². The molecule has 0 aromatic heterocycles. The maximum absolute atomic E-state index is 10.4. The van der Waals surface area contributed by atoms with E-state index in [1.54, 1.807) is 19.5 Å². The van der Waals surface area contributed by atoms with Crippen molar-refractivity contribution in [3.8, 4) is 0 Å². The third-order valence-electron chi connectivity index (χ3n) is 1.23. The zero-order valence-corrected chi connectivity index (χ0v) is 7.26. The zero-order chi connectivity index (χ0) is 7.49. The van der Waals surface area contributed by atoms with Gasteiger partial charge in [0.05, 0.1) is 14.6 Å². The van der Waals surface area contributed by atoms with Crippen molar-refractivity contribution >= 4 is 15.5 Å². The Bertz CT molecular complexity index is 129. The van der Waals surface area contributed by atoms with Crippen LogP contribution in [0.5, 0.6) is 0 Å². The first-order valence-corrected chi connectivity index (χ1v) is 4.37. The smallest absolute Gasteiger partial charge is 0.305 e. The molecule has 3 heteroatoms. The highest BCUT2D eigenvalue weighted by Gasteiger charge is 2.24. The Labute approximate surface area is 57.4 Å². The molecule has 0 aromatic rings. The van der Waals surface area contributed by atoms with E-state index in [2.05, 4.69) is 6.58 Å². The molecule has 0 saturated heterocycles. The fourth-order valence-corrected chi connectivity index (χ4v) is 1.34. The van der Waals surface area contributed by atoms with Crippen molar-refractivity contribution < 1.29 is 9.90 Å². The van der Waals surface area contributed by atoms with E-state index in [1.165, 1.54) is 0 Å². The summed E-state index contributed by atoms with van der Waals surface area (Å²) in [5, 5.41) is 8.05. The van der Waals surface area contributed by atoms with Crippen molar-refractivity contribution in [2.24, 2.45) is 0 Å². The number of aliphatic carboxylic acids is 1. The van der Waals surface area contributed by atoms with Gasteiger partial charge in [0.15, 0.2) is 0 Å². The molecular formula is C6H12O2Si. The molecule has 0 saturated carbocycles. The molecular weight excluding hydrogens is 132 g/mol. The molecule has 0 aromatic carbocycles. The predicted octanol–water partition coefficient (Wildman–Crippen LogP) is 0.582. The first-order chi connectivity index (χ1) is 4.00. The summed E-state index contributed by atoms with van der Waals surface area (Å²) in [6.07, 6.45) is 0. The molecule has 0 heterocycles. The molecule has 0 unspecified atom stereocenters. The van der Waals surface area contributed by atoms with Gasteiger partial charge in [-0.1, -0.05) is 13.8 Å². The van der Waals surface area contributed by atoms with Crippen molar-refractivity contribution in [2.75, 3.05) is 0 Å². The number of hydrogen-bond donors (Lipinski definition) is 1. The van der Waals surface area contributed by atoms with Crippen LogP contribution in [0.2, 0.25) is 5.04 Å². The first kappa shape index (κ1) is 8.43. The minimum absolute atomic E-state index is 0.512. The minimum Gasteiger partial charge on any atom is -0.481 e. The molecule has 0 bridgehead atoms. The van der Waals surface area contributed by atoms with Gasteiger partial charge in [0, 0.05) is 0 Å².